The quantitative estimate of drug-likeness (QED) is 0.672. The largest absolute Gasteiger partial charge is 0.430 e. The fraction of sp³-hybridized carbons (Fsp3) is 0.308. The molecule has 0 aliphatic heterocycles. The molecule has 0 saturated carbocycles. The average molecular weight is 295 g/mol. The number of hydrogen-bond donors (Lipinski definition) is 2. The van der Waals surface area contributed by atoms with Gasteiger partial charge in [-0.3, -0.25) is 10.1 Å². The van der Waals surface area contributed by atoms with Gasteiger partial charge < -0.3 is 10.1 Å². The van der Waals surface area contributed by atoms with Crippen molar-refractivity contribution in [2.24, 2.45) is 9.98 Å². The molecule has 0 fully saturated rings. The van der Waals surface area contributed by atoms with Gasteiger partial charge >= 0.3 is 6.11 Å². The topological polar surface area (TPSA) is 74.7 Å². The van der Waals surface area contributed by atoms with Gasteiger partial charge in [0.15, 0.2) is 5.75 Å². The van der Waals surface area contributed by atoms with Crippen LogP contribution in [0.3, 0.4) is 0 Å². The number of nitrogens with one attached hydrogen (secondary N) is 2. The highest BCUT2D eigenvalue weighted by molar-refractivity contribution is 6.00. The molecule has 0 saturated heterocycles. The second kappa shape index (κ2) is 5.86. The summed E-state index contributed by atoms with van der Waals surface area (Å²) in [6, 6.07) is 3.12. The molecule has 0 spiro atoms. The van der Waals surface area contributed by atoms with Crippen molar-refractivity contribution >= 4 is 28.8 Å². The van der Waals surface area contributed by atoms with Crippen LogP contribution in [-0.2, 0) is 0 Å². The molecular weight excluding hydrogens is 280 g/mol. The van der Waals surface area contributed by atoms with Crippen molar-refractivity contribution in [3.63, 3.8) is 0 Å². The van der Waals surface area contributed by atoms with Gasteiger partial charge in [-0.2, -0.15) is 13.9 Å². The van der Waals surface area contributed by atoms with Gasteiger partial charge in [-0.1, -0.05) is 0 Å². The molecule has 0 aliphatic rings. The minimum absolute atomic E-state index is 0.00207. The van der Waals surface area contributed by atoms with Crippen molar-refractivity contribution in [1.82, 2.24) is 10.2 Å². The highest BCUT2D eigenvalue weighted by atomic mass is 19.3. The summed E-state index contributed by atoms with van der Waals surface area (Å²) in [6.45, 7) is 2.37. The van der Waals surface area contributed by atoms with Crippen LogP contribution in [0.2, 0.25) is 0 Å². The van der Waals surface area contributed by atoms with E-state index in [4.69, 9.17) is 0 Å². The SMILES string of the molecule is CN=CN=C(C)Nc1cc2cn[nH]c2cc1OC(C)(F)F. The Morgan fingerprint density at radius 2 is 2.24 bits per heavy atom. The summed E-state index contributed by atoms with van der Waals surface area (Å²) in [4.78, 5) is 7.71. The third-order valence-electron chi connectivity index (χ3n) is 2.51. The predicted octanol–water partition coefficient (Wildman–Crippen LogP) is 3.04. The third-order valence-corrected chi connectivity index (χ3v) is 2.51. The molecule has 0 unspecified atom stereocenters. The molecule has 0 amide bonds. The third kappa shape index (κ3) is 3.98. The molecule has 0 bridgehead atoms. The van der Waals surface area contributed by atoms with Crippen LogP contribution in [-0.4, -0.2) is 35.5 Å². The van der Waals surface area contributed by atoms with E-state index in [9.17, 15) is 8.78 Å². The number of halogens is 2. The minimum Gasteiger partial charge on any atom is -0.430 e. The van der Waals surface area contributed by atoms with Crippen LogP contribution in [0.5, 0.6) is 5.75 Å². The first kappa shape index (κ1) is 14.9. The molecule has 2 aromatic rings. The molecule has 6 nitrogen and oxygen atoms in total. The van der Waals surface area contributed by atoms with Gasteiger partial charge in [0.2, 0.25) is 0 Å². The maximum atomic E-state index is 13.1. The van der Waals surface area contributed by atoms with Crippen molar-refractivity contribution in [3.8, 4) is 5.75 Å². The van der Waals surface area contributed by atoms with Crippen LogP contribution in [0, 0.1) is 0 Å². The van der Waals surface area contributed by atoms with Crippen molar-refractivity contribution in [2.45, 2.75) is 20.0 Å². The summed E-state index contributed by atoms with van der Waals surface area (Å²) in [5.41, 5.74) is 0.973. The van der Waals surface area contributed by atoms with E-state index in [0.717, 1.165) is 5.39 Å². The van der Waals surface area contributed by atoms with Crippen LogP contribution in [0.25, 0.3) is 10.9 Å². The number of amidine groups is 1. The number of H-pyrrole nitrogens is 1. The van der Waals surface area contributed by atoms with E-state index in [1.165, 1.54) is 12.4 Å². The number of rotatable bonds is 4. The summed E-state index contributed by atoms with van der Waals surface area (Å²) < 4.78 is 30.9. The van der Waals surface area contributed by atoms with Crippen molar-refractivity contribution in [2.75, 3.05) is 12.4 Å². The zero-order valence-electron chi connectivity index (χ0n) is 11.8. The minimum atomic E-state index is -3.29. The zero-order valence-corrected chi connectivity index (χ0v) is 11.8. The number of fused-ring (bicyclic) bond motifs is 1. The molecule has 1 aromatic heterocycles. The second-order valence-corrected chi connectivity index (χ2v) is 4.43. The Kier molecular flexibility index (Phi) is 4.15. The molecular formula is C13H15F2N5O. The number of hydrogen-bond acceptors (Lipinski definition) is 3. The lowest BCUT2D eigenvalue weighted by Crippen LogP contribution is -2.20. The average Bonchev–Trinajstić information content (AvgIpc) is 2.82. The number of anilines is 1. The standard InChI is InChI=1S/C13H15F2N5O/c1-8(17-7-16-3)19-11-4-9-6-18-20-10(9)5-12(11)21-13(2,14)15/h4-7H,1-3H3,(H,18,20)(H,16,17,19). The molecule has 1 heterocycles. The summed E-state index contributed by atoms with van der Waals surface area (Å²) in [6.07, 6.45) is -0.345. The molecule has 112 valence electrons. The van der Waals surface area contributed by atoms with Gasteiger partial charge in [-0.15, -0.1) is 0 Å². The first-order chi connectivity index (χ1) is 9.89. The molecule has 8 heteroatoms. The molecule has 0 aliphatic carbocycles. The number of aromatic nitrogens is 2. The normalized spacial score (nSPS) is 13.1. The Morgan fingerprint density at radius 3 is 2.90 bits per heavy atom. The Labute approximate surface area is 119 Å². The van der Waals surface area contributed by atoms with Crippen molar-refractivity contribution in [1.29, 1.82) is 0 Å². The van der Waals surface area contributed by atoms with Crippen LogP contribution >= 0.6 is 0 Å². The van der Waals surface area contributed by atoms with Crippen LogP contribution in [0.15, 0.2) is 28.3 Å². The van der Waals surface area contributed by atoms with E-state index in [0.29, 0.717) is 24.0 Å². The highest BCUT2D eigenvalue weighted by Gasteiger charge is 2.25. The lowest BCUT2D eigenvalue weighted by atomic mass is 10.2. The first-order valence-corrected chi connectivity index (χ1v) is 6.15. The van der Waals surface area contributed by atoms with Gasteiger partial charge in [-0.05, 0) is 13.0 Å². The van der Waals surface area contributed by atoms with E-state index in [-0.39, 0.29) is 5.75 Å². The number of aromatic amines is 1. The Morgan fingerprint density at radius 1 is 1.48 bits per heavy atom. The summed E-state index contributed by atoms with van der Waals surface area (Å²) in [5.74, 6) is 0.495. The zero-order chi connectivity index (χ0) is 15.5. The summed E-state index contributed by atoms with van der Waals surface area (Å²) in [5, 5.41) is 10.2. The number of benzene rings is 1. The number of aliphatic imine (C=N–C) groups is 2. The first-order valence-electron chi connectivity index (χ1n) is 6.15. The second-order valence-electron chi connectivity index (χ2n) is 4.43. The maximum Gasteiger partial charge on any atom is 0.394 e. The lowest BCUT2D eigenvalue weighted by Gasteiger charge is -2.17. The fourth-order valence-electron chi connectivity index (χ4n) is 1.72. The number of alkyl halides is 2. The van der Waals surface area contributed by atoms with Crippen LogP contribution in [0.1, 0.15) is 13.8 Å². The van der Waals surface area contributed by atoms with E-state index in [1.807, 2.05) is 0 Å². The fourth-order valence-corrected chi connectivity index (χ4v) is 1.72. The Bertz CT molecular complexity index is 687. The molecule has 2 N–H and O–H groups in total. The predicted molar refractivity (Wildman–Crippen MR) is 78.5 cm³/mol. The highest BCUT2D eigenvalue weighted by Crippen LogP contribution is 2.33. The maximum absolute atomic E-state index is 13.1. The van der Waals surface area contributed by atoms with E-state index in [2.05, 4.69) is 30.2 Å². The van der Waals surface area contributed by atoms with E-state index >= 15 is 0 Å². The molecule has 0 radical (unpaired) electrons. The van der Waals surface area contributed by atoms with Gasteiger partial charge in [0.1, 0.15) is 12.2 Å². The van der Waals surface area contributed by atoms with Gasteiger partial charge in [0.25, 0.3) is 0 Å². The summed E-state index contributed by atoms with van der Waals surface area (Å²) in [7, 11) is 1.58. The number of nitrogens with zero attached hydrogens (tertiary/aromatic N) is 3. The van der Waals surface area contributed by atoms with Crippen molar-refractivity contribution in [3.05, 3.63) is 18.3 Å². The van der Waals surface area contributed by atoms with E-state index in [1.54, 1.807) is 26.2 Å². The Hall–Kier alpha value is -2.51. The Balaban J connectivity index is 2.40. The van der Waals surface area contributed by atoms with Crippen LogP contribution in [0.4, 0.5) is 14.5 Å². The lowest BCUT2D eigenvalue weighted by molar-refractivity contribution is -0.158. The van der Waals surface area contributed by atoms with Gasteiger partial charge in [-0.25, -0.2) is 4.99 Å². The molecule has 0 atom stereocenters. The van der Waals surface area contributed by atoms with Gasteiger partial charge in [0, 0.05) is 25.4 Å². The van der Waals surface area contributed by atoms with Crippen LogP contribution < -0.4 is 10.1 Å². The van der Waals surface area contributed by atoms with Gasteiger partial charge in [0.05, 0.1) is 17.4 Å². The summed E-state index contributed by atoms with van der Waals surface area (Å²) >= 11 is 0. The molecule has 21 heavy (non-hydrogen) atoms. The molecule has 1 aromatic carbocycles. The van der Waals surface area contributed by atoms with E-state index < -0.39 is 6.11 Å². The molecule has 2 rings (SSSR count). The number of ether oxygens (including phenoxy) is 1. The van der Waals surface area contributed by atoms with Crippen molar-refractivity contribution < 1.29 is 13.5 Å². The monoisotopic (exact) mass is 295 g/mol. The smallest absolute Gasteiger partial charge is 0.394 e.